The number of rotatable bonds is 8. The summed E-state index contributed by atoms with van der Waals surface area (Å²) in [7, 11) is -6.09. The lowest BCUT2D eigenvalue weighted by molar-refractivity contribution is -0.765. The Morgan fingerprint density at radius 1 is 1.19 bits per heavy atom. The van der Waals surface area contributed by atoms with Crippen molar-refractivity contribution in [3.8, 4) is 0 Å². The van der Waals surface area contributed by atoms with Crippen LogP contribution in [0.25, 0.3) is 0 Å². The van der Waals surface area contributed by atoms with Gasteiger partial charge in [-0.3, -0.25) is 9.69 Å². The topological polar surface area (TPSA) is 197 Å². The minimum Gasteiger partial charge on any atom is -0.741 e. The largest absolute Gasteiger partial charge is 0.741 e. The molecule has 0 bridgehead atoms. The van der Waals surface area contributed by atoms with E-state index in [4.69, 9.17) is 17.7 Å². The van der Waals surface area contributed by atoms with Crippen molar-refractivity contribution in [1.82, 2.24) is 15.2 Å². The molecule has 2 aliphatic heterocycles. The highest BCUT2D eigenvalue weighted by molar-refractivity contribution is 7.86. The number of aromatic nitrogens is 2. The summed E-state index contributed by atoms with van der Waals surface area (Å²) < 4.78 is 65.9. The molecule has 2 aromatic rings. The van der Waals surface area contributed by atoms with Gasteiger partial charge < -0.3 is 34.8 Å². The first-order valence-corrected chi connectivity index (χ1v) is 14.6. The fourth-order valence-corrected chi connectivity index (χ4v) is 4.45. The number of hydrogen-bond acceptors (Lipinski definition) is 10. The highest BCUT2D eigenvalue weighted by Gasteiger charge is 2.48. The molecule has 2 saturated heterocycles. The van der Waals surface area contributed by atoms with Crippen molar-refractivity contribution in [2.24, 2.45) is 5.92 Å². The average molecular weight is 634 g/mol. The lowest BCUT2D eigenvalue weighted by Crippen LogP contribution is -2.46. The molecule has 2 aromatic heterocycles. The molecule has 5 rings (SSSR count). The molecular formula is C25H30F3N5O9S. The summed E-state index contributed by atoms with van der Waals surface area (Å²) >= 11 is 0. The molecule has 0 unspecified atom stereocenters. The van der Waals surface area contributed by atoms with Crippen LogP contribution < -0.4 is 14.8 Å². The molecule has 14 nitrogen and oxygen atoms in total. The van der Waals surface area contributed by atoms with Gasteiger partial charge in [0.1, 0.15) is 23.6 Å². The van der Waals surface area contributed by atoms with Crippen molar-refractivity contribution in [2.45, 2.75) is 49.4 Å². The first kappa shape index (κ1) is 32.5. The number of alkyl halides is 3. The van der Waals surface area contributed by atoms with Gasteiger partial charge in [-0.2, -0.15) is 17.7 Å². The van der Waals surface area contributed by atoms with Gasteiger partial charge in [-0.05, 0) is 36.5 Å². The van der Waals surface area contributed by atoms with Crippen molar-refractivity contribution < 1.29 is 60.4 Å². The normalized spacial score (nSPS) is 24.1. The van der Waals surface area contributed by atoms with Crippen molar-refractivity contribution in [2.75, 3.05) is 31.1 Å². The van der Waals surface area contributed by atoms with E-state index in [0.29, 0.717) is 30.4 Å². The van der Waals surface area contributed by atoms with E-state index in [9.17, 15) is 38.1 Å². The van der Waals surface area contributed by atoms with E-state index in [0.717, 1.165) is 12.1 Å². The molecule has 0 spiro atoms. The van der Waals surface area contributed by atoms with Crippen LogP contribution in [0.5, 0.6) is 0 Å². The number of anilines is 1. The van der Waals surface area contributed by atoms with E-state index in [-0.39, 0.29) is 18.5 Å². The molecule has 3 amide bonds. The maximum atomic E-state index is 12.7. The summed E-state index contributed by atoms with van der Waals surface area (Å²) in [6.45, 7) is 1.99. The molecule has 43 heavy (non-hydrogen) atoms. The summed E-state index contributed by atoms with van der Waals surface area (Å²) in [5, 5.41) is 32.3. The van der Waals surface area contributed by atoms with Crippen LogP contribution >= 0.6 is 0 Å². The fraction of sp³-hybridized carbons (Fsp3) is 0.520. The third-order valence-corrected chi connectivity index (χ3v) is 7.55. The van der Waals surface area contributed by atoms with Crippen LogP contribution in [0.1, 0.15) is 35.0 Å². The van der Waals surface area contributed by atoms with Gasteiger partial charge in [0.15, 0.2) is 28.6 Å². The quantitative estimate of drug-likeness (QED) is 0.169. The molecule has 0 aromatic carbocycles. The highest BCUT2D eigenvalue weighted by Crippen LogP contribution is 2.31. The van der Waals surface area contributed by atoms with E-state index in [1.807, 2.05) is 11.0 Å². The number of aliphatic hydroxyl groups is 3. The Morgan fingerprint density at radius 2 is 1.88 bits per heavy atom. The van der Waals surface area contributed by atoms with Crippen LogP contribution in [0.15, 0.2) is 42.9 Å². The van der Waals surface area contributed by atoms with Crippen LogP contribution in [-0.4, -0.2) is 100 Å². The summed E-state index contributed by atoms with van der Waals surface area (Å²) in [5.74, 6) is 0.920. The number of hydrogen-bond donors (Lipinski definition) is 4. The zero-order valence-electron chi connectivity index (χ0n) is 22.5. The summed E-state index contributed by atoms with van der Waals surface area (Å²) in [6, 6.07) is 6.89. The molecule has 1 aliphatic carbocycles. The third kappa shape index (κ3) is 7.95. The Balaban J connectivity index is 0.000000467. The Hall–Kier alpha value is -3.42. The number of carbonyl (C=O) groups excluding carboxylic acids is 2. The number of ether oxygens (including phenoxy) is 1. The van der Waals surface area contributed by atoms with E-state index >= 15 is 0 Å². The number of pyridine rings is 2. The lowest BCUT2D eigenvalue weighted by atomic mass is 10.1. The van der Waals surface area contributed by atoms with Gasteiger partial charge >= 0.3 is 11.5 Å². The van der Waals surface area contributed by atoms with E-state index < -0.39 is 46.8 Å². The average Bonchev–Trinajstić information content (AvgIpc) is 3.65. The zero-order valence-corrected chi connectivity index (χ0v) is 23.3. The molecule has 0 radical (unpaired) electrons. The third-order valence-electron chi connectivity index (χ3n) is 6.99. The standard InChI is InChI=1S/C24H29N5O6.CHF3O3S/c30-14-18-20(31)21(32)23(35-18)27-7-1-2-17(13-27)22(33)26-11-16-5-6-19(25-10-16)29-9-8-28(24(29)34)12-15-3-4-15;2-1(3,4)8(5,6)7/h1-2,5-7,10,13,15,18,20-21,23,30-32H,3-4,8-9,11-12,14H2;(H,5,6,7)/t18-,20-,21-,23-;/m1./s1. The van der Waals surface area contributed by atoms with Gasteiger partial charge in [0, 0.05) is 38.4 Å². The van der Waals surface area contributed by atoms with Gasteiger partial charge in [0.05, 0.1) is 6.61 Å². The number of carbonyl (C=O) groups is 2. The Kier molecular flexibility index (Phi) is 9.87. The molecule has 18 heteroatoms. The summed E-state index contributed by atoms with van der Waals surface area (Å²) in [6.07, 6.45) is 2.92. The van der Waals surface area contributed by atoms with Crippen LogP contribution in [-0.2, 0) is 21.4 Å². The summed E-state index contributed by atoms with van der Waals surface area (Å²) in [5.41, 5.74) is -4.52. The van der Waals surface area contributed by atoms with Crippen molar-refractivity contribution in [3.63, 3.8) is 0 Å². The van der Waals surface area contributed by atoms with Gasteiger partial charge in [0.25, 0.3) is 12.1 Å². The van der Waals surface area contributed by atoms with Crippen LogP contribution in [0, 0.1) is 5.92 Å². The van der Waals surface area contributed by atoms with Gasteiger partial charge in [-0.1, -0.05) is 6.07 Å². The lowest BCUT2D eigenvalue weighted by Gasteiger charge is -2.18. The molecule has 3 fully saturated rings. The van der Waals surface area contributed by atoms with E-state index in [1.165, 1.54) is 23.6 Å². The minimum absolute atomic E-state index is 0.00276. The Morgan fingerprint density at radius 3 is 2.44 bits per heavy atom. The van der Waals surface area contributed by atoms with E-state index in [1.54, 1.807) is 35.5 Å². The number of halogens is 3. The monoisotopic (exact) mass is 633 g/mol. The van der Waals surface area contributed by atoms with Gasteiger partial charge in [-0.25, -0.2) is 18.2 Å². The molecule has 4 heterocycles. The highest BCUT2D eigenvalue weighted by atomic mass is 32.2. The molecule has 4 N–H and O–H groups in total. The van der Waals surface area contributed by atoms with Crippen LogP contribution in [0.3, 0.4) is 0 Å². The minimum atomic E-state index is -6.09. The zero-order chi connectivity index (χ0) is 31.5. The SMILES string of the molecule is O=C(NCc1ccc(N2CCN(CC3CC3)C2=O)nc1)c1ccc[n+]([C@@H]2O[C@H](CO)[C@@H](O)[C@H]2O)c1.O=S(=O)([O-])C(F)(F)F. The number of aliphatic hydroxyl groups excluding tert-OH is 3. The van der Waals surface area contributed by atoms with Crippen LogP contribution in [0.2, 0.25) is 0 Å². The first-order valence-electron chi connectivity index (χ1n) is 13.1. The molecule has 4 atom stereocenters. The second-order valence-electron chi connectivity index (χ2n) is 10.2. The smallest absolute Gasteiger partial charge is 0.485 e. The van der Waals surface area contributed by atoms with E-state index in [2.05, 4.69) is 10.3 Å². The summed E-state index contributed by atoms with van der Waals surface area (Å²) in [4.78, 5) is 33.3. The number of amides is 3. The first-order chi connectivity index (χ1) is 20.2. The predicted octanol–water partition coefficient (Wildman–Crippen LogP) is -0.386. The predicted molar refractivity (Wildman–Crippen MR) is 138 cm³/mol. The Bertz CT molecular complexity index is 1410. The van der Waals surface area contributed by atoms with Crippen LogP contribution in [0.4, 0.5) is 23.8 Å². The van der Waals surface area contributed by atoms with Crippen molar-refractivity contribution in [1.29, 1.82) is 0 Å². The number of nitrogens with one attached hydrogen (secondary N) is 1. The van der Waals surface area contributed by atoms with Crippen molar-refractivity contribution in [3.05, 3.63) is 54.0 Å². The number of urea groups is 1. The van der Waals surface area contributed by atoms with Gasteiger partial charge in [0.2, 0.25) is 0 Å². The Labute approximate surface area is 244 Å². The maximum absolute atomic E-state index is 12.7. The van der Waals surface area contributed by atoms with Gasteiger partial charge in [-0.15, -0.1) is 0 Å². The molecule has 236 valence electrons. The molecule has 3 aliphatic rings. The molecular weight excluding hydrogens is 603 g/mol. The van der Waals surface area contributed by atoms with Crippen molar-refractivity contribution >= 4 is 27.9 Å². The molecule has 1 saturated carbocycles. The second kappa shape index (κ2) is 13.1. The maximum Gasteiger partial charge on any atom is 0.485 e. The second-order valence-corrected chi connectivity index (χ2v) is 11.6. The number of nitrogens with zero attached hydrogens (tertiary/aromatic N) is 4. The fourth-order valence-electron chi connectivity index (χ4n) is 4.45.